The van der Waals surface area contributed by atoms with Crippen molar-refractivity contribution in [3.05, 3.63) is 95.6 Å². The Labute approximate surface area is 240 Å². The third-order valence-corrected chi connectivity index (χ3v) is 8.18. The molecule has 6 heteroatoms. The molecule has 6 nitrogen and oxygen atoms in total. The van der Waals surface area contributed by atoms with Crippen LogP contribution in [0.3, 0.4) is 0 Å². The molecular formula is C35H35N2O4+. The monoisotopic (exact) mass is 547 g/mol. The van der Waals surface area contributed by atoms with E-state index in [0.717, 1.165) is 91.3 Å². The highest BCUT2D eigenvalue weighted by molar-refractivity contribution is 6.05. The summed E-state index contributed by atoms with van der Waals surface area (Å²) in [6, 6.07) is 27.1. The molecule has 0 atom stereocenters. The summed E-state index contributed by atoms with van der Waals surface area (Å²) < 4.78 is 13.8. The fraction of sp³-hybridized carbons (Fsp3) is 0.229. The highest BCUT2D eigenvalue weighted by Gasteiger charge is 2.31. The maximum absolute atomic E-state index is 10.6. The highest BCUT2D eigenvalue weighted by atomic mass is 16.5. The number of aromatic nitrogens is 1. The van der Waals surface area contributed by atoms with Gasteiger partial charge in [-0.3, -0.25) is 4.90 Å². The summed E-state index contributed by atoms with van der Waals surface area (Å²) in [7, 11) is 7.46. The maximum Gasteiger partial charge on any atom is 0.284 e. The summed E-state index contributed by atoms with van der Waals surface area (Å²) in [4.78, 5) is 2.14. The zero-order chi connectivity index (χ0) is 28.7. The van der Waals surface area contributed by atoms with Gasteiger partial charge in [-0.05, 0) is 57.6 Å². The van der Waals surface area contributed by atoms with E-state index < -0.39 is 0 Å². The lowest BCUT2D eigenvalue weighted by Crippen LogP contribution is -2.45. The van der Waals surface area contributed by atoms with Crippen molar-refractivity contribution in [2.45, 2.75) is 26.2 Å². The minimum atomic E-state index is -0.176. The first-order valence-corrected chi connectivity index (χ1v) is 13.8. The largest absolute Gasteiger partial charge is 0.493 e. The number of ether oxygens (including phenoxy) is 2. The molecule has 1 aromatic heterocycles. The molecule has 0 saturated heterocycles. The van der Waals surface area contributed by atoms with E-state index in [1.165, 1.54) is 0 Å². The molecule has 0 aliphatic carbocycles. The van der Waals surface area contributed by atoms with Gasteiger partial charge in [-0.1, -0.05) is 54.6 Å². The average molecular weight is 548 g/mol. The topological polar surface area (TPSA) is 66.0 Å². The Morgan fingerprint density at radius 3 is 2.12 bits per heavy atom. The van der Waals surface area contributed by atoms with Gasteiger partial charge in [-0.15, -0.1) is 0 Å². The molecule has 0 unspecified atom stereocenters. The summed E-state index contributed by atoms with van der Waals surface area (Å²) in [5, 5.41) is 23.1. The Morgan fingerprint density at radius 2 is 1.49 bits per heavy atom. The van der Waals surface area contributed by atoms with Crippen LogP contribution >= 0.6 is 0 Å². The second-order valence-corrected chi connectivity index (χ2v) is 10.6. The quantitative estimate of drug-likeness (QED) is 0.254. The summed E-state index contributed by atoms with van der Waals surface area (Å²) in [6.45, 7) is 0.437. The van der Waals surface area contributed by atoms with Crippen LogP contribution in [0.25, 0.3) is 44.3 Å². The Bertz CT molecular complexity index is 1750. The third-order valence-electron chi connectivity index (χ3n) is 8.18. The van der Waals surface area contributed by atoms with E-state index in [9.17, 15) is 10.2 Å². The van der Waals surface area contributed by atoms with Crippen molar-refractivity contribution in [3.8, 4) is 45.0 Å². The van der Waals surface area contributed by atoms with Crippen LogP contribution in [0.2, 0.25) is 0 Å². The van der Waals surface area contributed by atoms with Crippen LogP contribution in [0.5, 0.6) is 11.5 Å². The Morgan fingerprint density at radius 1 is 0.780 bits per heavy atom. The zero-order valence-electron chi connectivity index (χ0n) is 23.9. The Balaban J connectivity index is 1.67. The standard InChI is InChI=1S/C35H35N2O4/c1-36(2)35-29-18-25(20-38)30(21-39)33(24-12-10-23(11-13-24)22-8-6-5-7-9-22)28(29)19-31-26-14-15-32(40-3)34(41-4)27(26)16-17-37(31)35/h5-15,18-19,38-39H,16-17,20-21H2,1-4H3/q+1. The molecule has 0 bridgehead atoms. The molecular weight excluding hydrogens is 512 g/mol. The first-order valence-electron chi connectivity index (χ1n) is 13.8. The van der Waals surface area contributed by atoms with Gasteiger partial charge in [0.2, 0.25) is 0 Å². The van der Waals surface area contributed by atoms with Crippen molar-refractivity contribution in [2.75, 3.05) is 33.2 Å². The molecule has 0 radical (unpaired) electrons. The second-order valence-electron chi connectivity index (χ2n) is 10.6. The van der Waals surface area contributed by atoms with Crippen LogP contribution in [-0.2, 0) is 26.2 Å². The van der Waals surface area contributed by atoms with Crippen LogP contribution in [0, 0.1) is 0 Å². The number of anilines is 1. The number of hydrogen-bond donors (Lipinski definition) is 2. The number of pyridine rings is 1. The molecule has 2 heterocycles. The lowest BCUT2D eigenvalue weighted by atomic mass is 9.87. The molecule has 41 heavy (non-hydrogen) atoms. The number of methoxy groups -OCH3 is 2. The molecule has 1 aliphatic heterocycles. The number of rotatable bonds is 7. The molecule has 6 rings (SSSR count). The van der Waals surface area contributed by atoms with Crippen molar-refractivity contribution in [3.63, 3.8) is 0 Å². The number of nitrogens with zero attached hydrogens (tertiary/aromatic N) is 2. The molecule has 5 aromatic rings. The van der Waals surface area contributed by atoms with Gasteiger partial charge in [0, 0.05) is 22.9 Å². The van der Waals surface area contributed by atoms with Gasteiger partial charge in [-0.25, -0.2) is 4.57 Å². The van der Waals surface area contributed by atoms with Crippen LogP contribution in [0.4, 0.5) is 5.82 Å². The minimum Gasteiger partial charge on any atom is -0.493 e. The number of aliphatic hydroxyl groups is 2. The predicted octanol–water partition coefficient (Wildman–Crippen LogP) is 5.75. The number of hydrogen-bond acceptors (Lipinski definition) is 5. The van der Waals surface area contributed by atoms with Gasteiger partial charge in [0.15, 0.2) is 11.5 Å². The van der Waals surface area contributed by atoms with Crippen molar-refractivity contribution in [1.29, 1.82) is 0 Å². The van der Waals surface area contributed by atoms with Crippen molar-refractivity contribution in [2.24, 2.45) is 0 Å². The van der Waals surface area contributed by atoms with Crippen molar-refractivity contribution >= 4 is 16.6 Å². The molecule has 2 N–H and O–H groups in total. The Hall–Kier alpha value is -4.39. The van der Waals surface area contributed by atoms with E-state index in [-0.39, 0.29) is 13.2 Å². The molecule has 0 spiro atoms. The Kier molecular flexibility index (Phi) is 7.12. The van der Waals surface area contributed by atoms with E-state index in [1.54, 1.807) is 14.2 Å². The van der Waals surface area contributed by atoms with Gasteiger partial charge in [-0.2, -0.15) is 0 Å². The lowest BCUT2D eigenvalue weighted by molar-refractivity contribution is -0.674. The smallest absolute Gasteiger partial charge is 0.284 e. The van der Waals surface area contributed by atoms with E-state index in [1.807, 2.05) is 30.3 Å². The van der Waals surface area contributed by atoms with E-state index in [4.69, 9.17) is 9.47 Å². The molecule has 1 aliphatic rings. The van der Waals surface area contributed by atoms with Gasteiger partial charge < -0.3 is 19.7 Å². The SMILES string of the molecule is COc1ccc2c(c1OC)CC[n+]1c-2cc2c(-c3ccc(-c4ccccc4)cc3)c(CO)c(CO)cc2c1N(C)C. The summed E-state index contributed by atoms with van der Waals surface area (Å²) >= 11 is 0. The minimum absolute atomic E-state index is 0.157. The molecule has 0 saturated carbocycles. The highest BCUT2D eigenvalue weighted by Crippen LogP contribution is 2.44. The number of fused-ring (bicyclic) bond motifs is 4. The normalized spacial score (nSPS) is 12.1. The predicted molar refractivity (Wildman–Crippen MR) is 163 cm³/mol. The first-order chi connectivity index (χ1) is 20.0. The van der Waals surface area contributed by atoms with Gasteiger partial charge in [0.05, 0.1) is 53.5 Å². The molecule has 208 valence electrons. The van der Waals surface area contributed by atoms with Crippen molar-refractivity contribution < 1.29 is 24.3 Å². The van der Waals surface area contributed by atoms with Crippen LogP contribution in [-0.4, -0.2) is 38.5 Å². The average Bonchev–Trinajstić information content (AvgIpc) is 3.02. The van der Waals surface area contributed by atoms with Crippen LogP contribution < -0.4 is 18.9 Å². The second kappa shape index (κ2) is 10.9. The molecule has 0 fully saturated rings. The van der Waals surface area contributed by atoms with Gasteiger partial charge >= 0.3 is 0 Å². The molecule has 4 aromatic carbocycles. The van der Waals surface area contributed by atoms with E-state index in [2.05, 4.69) is 72.1 Å². The third kappa shape index (κ3) is 4.40. The first kappa shape index (κ1) is 26.8. The number of aliphatic hydroxyl groups excluding tert-OH is 2. The maximum atomic E-state index is 10.6. The summed E-state index contributed by atoms with van der Waals surface area (Å²) in [5.41, 5.74) is 8.97. The van der Waals surface area contributed by atoms with Gasteiger partial charge in [0.25, 0.3) is 5.82 Å². The van der Waals surface area contributed by atoms with Gasteiger partial charge in [0.1, 0.15) is 5.69 Å². The van der Waals surface area contributed by atoms with Crippen LogP contribution in [0.15, 0.2) is 78.9 Å². The van der Waals surface area contributed by atoms with E-state index >= 15 is 0 Å². The van der Waals surface area contributed by atoms with Crippen LogP contribution in [0.1, 0.15) is 16.7 Å². The fourth-order valence-electron chi connectivity index (χ4n) is 6.35. The number of benzene rings is 4. The van der Waals surface area contributed by atoms with E-state index in [0.29, 0.717) is 0 Å². The van der Waals surface area contributed by atoms with Crippen molar-refractivity contribution in [1.82, 2.24) is 0 Å². The lowest BCUT2D eigenvalue weighted by Gasteiger charge is -2.26. The molecule has 0 amide bonds. The summed E-state index contributed by atoms with van der Waals surface area (Å²) in [5.74, 6) is 2.55. The fourth-order valence-corrected chi connectivity index (χ4v) is 6.35. The summed E-state index contributed by atoms with van der Waals surface area (Å²) in [6.07, 6.45) is 0.801. The zero-order valence-corrected chi connectivity index (χ0v) is 23.9.